The molecule has 2 nitrogen and oxygen atoms in total. The van der Waals surface area contributed by atoms with Crippen LogP contribution in [0.15, 0.2) is 24.3 Å². The summed E-state index contributed by atoms with van der Waals surface area (Å²) in [5.41, 5.74) is 1.05. The van der Waals surface area contributed by atoms with Gasteiger partial charge in [0.2, 0.25) is 5.91 Å². The molecule has 1 aromatic carbocycles. The molecule has 0 fully saturated rings. The Hall–Kier alpha value is -0.540. The highest BCUT2D eigenvalue weighted by atomic mass is 79.9. The fraction of sp³-hybridized carbons (Fsp3) is 0.462. The van der Waals surface area contributed by atoms with Crippen molar-refractivity contribution in [3.05, 3.63) is 34.9 Å². The maximum Gasteiger partial charge on any atom is 0.234 e. The lowest BCUT2D eigenvalue weighted by Gasteiger charge is -2.19. The minimum Gasteiger partial charge on any atom is -0.349 e. The molecule has 0 aliphatic rings. The van der Waals surface area contributed by atoms with Crippen molar-refractivity contribution in [1.29, 1.82) is 0 Å². The van der Waals surface area contributed by atoms with E-state index in [2.05, 4.69) is 21.2 Å². The van der Waals surface area contributed by atoms with E-state index < -0.39 is 0 Å². The van der Waals surface area contributed by atoms with Crippen LogP contribution in [-0.2, 0) is 4.79 Å². The molecule has 0 aliphatic heterocycles. The SMILES string of the molecule is CC(C)C(Br)C(=O)N[C@H](C)c1ccc(Cl)cc1. The Bertz CT molecular complexity index is 378. The van der Waals surface area contributed by atoms with Crippen molar-refractivity contribution in [3.8, 4) is 0 Å². The van der Waals surface area contributed by atoms with Crippen LogP contribution in [-0.4, -0.2) is 10.7 Å². The second-order valence-corrected chi connectivity index (χ2v) is 5.85. The average molecular weight is 319 g/mol. The topological polar surface area (TPSA) is 29.1 Å². The molecule has 0 aromatic heterocycles. The number of rotatable bonds is 4. The Kier molecular flexibility index (Phi) is 5.47. The van der Waals surface area contributed by atoms with Gasteiger partial charge in [-0.15, -0.1) is 0 Å². The van der Waals surface area contributed by atoms with Crippen molar-refractivity contribution in [2.45, 2.75) is 31.6 Å². The Morgan fingerprint density at radius 1 is 1.24 bits per heavy atom. The molecule has 4 heteroatoms. The van der Waals surface area contributed by atoms with E-state index in [1.165, 1.54) is 0 Å². The van der Waals surface area contributed by atoms with E-state index >= 15 is 0 Å². The molecular formula is C13H17BrClNO. The summed E-state index contributed by atoms with van der Waals surface area (Å²) in [4.78, 5) is 11.7. The van der Waals surface area contributed by atoms with Gasteiger partial charge in [-0.1, -0.05) is 53.5 Å². The van der Waals surface area contributed by atoms with E-state index in [1.807, 2.05) is 45.0 Å². The fourth-order valence-electron chi connectivity index (χ4n) is 1.43. The van der Waals surface area contributed by atoms with E-state index in [0.717, 1.165) is 5.56 Å². The molecule has 0 saturated carbocycles. The van der Waals surface area contributed by atoms with Gasteiger partial charge in [0.1, 0.15) is 0 Å². The van der Waals surface area contributed by atoms with Gasteiger partial charge < -0.3 is 5.32 Å². The Balaban J connectivity index is 2.63. The lowest BCUT2D eigenvalue weighted by atomic mass is 10.1. The third kappa shape index (κ3) is 4.32. The van der Waals surface area contributed by atoms with Crippen molar-refractivity contribution in [2.75, 3.05) is 0 Å². The predicted molar refractivity (Wildman–Crippen MR) is 75.6 cm³/mol. The van der Waals surface area contributed by atoms with Gasteiger partial charge >= 0.3 is 0 Å². The molecule has 0 spiro atoms. The molecule has 0 aliphatic carbocycles. The second kappa shape index (κ2) is 6.41. The van der Waals surface area contributed by atoms with Crippen LogP contribution in [0.25, 0.3) is 0 Å². The number of hydrogen-bond donors (Lipinski definition) is 1. The molecular weight excluding hydrogens is 302 g/mol. The van der Waals surface area contributed by atoms with Gasteiger partial charge in [0.15, 0.2) is 0 Å². The Labute approximate surface area is 116 Å². The fourth-order valence-corrected chi connectivity index (χ4v) is 1.69. The highest BCUT2D eigenvalue weighted by Gasteiger charge is 2.20. The van der Waals surface area contributed by atoms with E-state index in [1.54, 1.807) is 0 Å². The molecule has 0 heterocycles. The minimum absolute atomic E-state index is 0.0152. The number of benzene rings is 1. The zero-order valence-corrected chi connectivity index (χ0v) is 12.5. The van der Waals surface area contributed by atoms with E-state index in [-0.39, 0.29) is 22.7 Å². The lowest BCUT2D eigenvalue weighted by molar-refractivity contribution is -0.121. The van der Waals surface area contributed by atoms with Crippen LogP contribution < -0.4 is 5.32 Å². The summed E-state index contributed by atoms with van der Waals surface area (Å²) in [5.74, 6) is 0.287. The standard InChI is InChI=1S/C13H17BrClNO/c1-8(2)12(14)13(17)16-9(3)10-4-6-11(15)7-5-10/h4-9,12H,1-3H3,(H,16,17)/t9-,12?/m1/s1. The van der Waals surface area contributed by atoms with Crippen LogP contribution in [0.4, 0.5) is 0 Å². The molecule has 94 valence electrons. The van der Waals surface area contributed by atoms with Crippen LogP contribution in [0.1, 0.15) is 32.4 Å². The van der Waals surface area contributed by atoms with Crippen LogP contribution >= 0.6 is 27.5 Å². The quantitative estimate of drug-likeness (QED) is 0.837. The molecule has 1 unspecified atom stereocenters. The summed E-state index contributed by atoms with van der Waals surface area (Å²) >= 11 is 9.21. The summed E-state index contributed by atoms with van der Waals surface area (Å²) in [6, 6.07) is 7.48. The molecule has 0 saturated heterocycles. The first-order valence-electron chi connectivity index (χ1n) is 5.61. The van der Waals surface area contributed by atoms with Gasteiger partial charge in [0, 0.05) is 5.02 Å². The van der Waals surface area contributed by atoms with Crippen molar-refractivity contribution in [2.24, 2.45) is 5.92 Å². The number of amides is 1. The zero-order chi connectivity index (χ0) is 13.0. The molecule has 1 aromatic rings. The van der Waals surface area contributed by atoms with E-state index in [4.69, 9.17) is 11.6 Å². The number of carbonyl (C=O) groups excluding carboxylic acids is 1. The largest absolute Gasteiger partial charge is 0.349 e. The van der Waals surface area contributed by atoms with Crippen molar-refractivity contribution in [1.82, 2.24) is 5.32 Å². The van der Waals surface area contributed by atoms with Crippen LogP contribution in [0.3, 0.4) is 0 Å². The minimum atomic E-state index is -0.155. The molecule has 17 heavy (non-hydrogen) atoms. The zero-order valence-electron chi connectivity index (χ0n) is 10.2. The molecule has 2 atom stereocenters. The number of halogens is 2. The monoisotopic (exact) mass is 317 g/mol. The highest BCUT2D eigenvalue weighted by Crippen LogP contribution is 2.18. The van der Waals surface area contributed by atoms with Crippen LogP contribution in [0, 0.1) is 5.92 Å². The summed E-state index contributed by atoms with van der Waals surface area (Å²) < 4.78 is 0. The molecule has 1 rings (SSSR count). The van der Waals surface area contributed by atoms with Gasteiger partial charge in [-0.3, -0.25) is 4.79 Å². The second-order valence-electron chi connectivity index (χ2n) is 4.43. The lowest BCUT2D eigenvalue weighted by Crippen LogP contribution is -2.35. The number of carbonyl (C=O) groups is 1. The first-order chi connectivity index (χ1) is 7.91. The maximum atomic E-state index is 11.9. The predicted octanol–water partition coefficient (Wildman–Crippen LogP) is 3.94. The highest BCUT2D eigenvalue weighted by molar-refractivity contribution is 9.10. The number of alkyl halides is 1. The van der Waals surface area contributed by atoms with Crippen molar-refractivity contribution < 1.29 is 4.79 Å². The van der Waals surface area contributed by atoms with Crippen molar-refractivity contribution in [3.63, 3.8) is 0 Å². The van der Waals surface area contributed by atoms with Gasteiger partial charge in [-0.25, -0.2) is 0 Å². The van der Waals surface area contributed by atoms with Crippen LogP contribution in [0.2, 0.25) is 5.02 Å². The van der Waals surface area contributed by atoms with Crippen molar-refractivity contribution >= 4 is 33.4 Å². The smallest absolute Gasteiger partial charge is 0.234 e. The average Bonchev–Trinajstić information content (AvgIpc) is 2.28. The normalized spacial score (nSPS) is 14.5. The Morgan fingerprint density at radius 3 is 2.24 bits per heavy atom. The first kappa shape index (κ1) is 14.5. The van der Waals surface area contributed by atoms with Gasteiger partial charge in [-0.2, -0.15) is 0 Å². The number of hydrogen-bond acceptors (Lipinski definition) is 1. The third-order valence-electron chi connectivity index (χ3n) is 2.56. The summed E-state index contributed by atoms with van der Waals surface area (Å²) in [6.45, 7) is 5.97. The molecule has 0 radical (unpaired) electrons. The number of nitrogens with one attached hydrogen (secondary N) is 1. The third-order valence-corrected chi connectivity index (χ3v) is 4.29. The summed E-state index contributed by atoms with van der Waals surface area (Å²) in [7, 11) is 0. The van der Waals surface area contributed by atoms with Crippen LogP contribution in [0.5, 0.6) is 0 Å². The van der Waals surface area contributed by atoms with Gasteiger partial charge in [0.05, 0.1) is 10.9 Å². The van der Waals surface area contributed by atoms with Gasteiger partial charge in [-0.05, 0) is 30.5 Å². The first-order valence-corrected chi connectivity index (χ1v) is 6.91. The van der Waals surface area contributed by atoms with E-state index in [0.29, 0.717) is 5.02 Å². The van der Waals surface area contributed by atoms with Gasteiger partial charge in [0.25, 0.3) is 0 Å². The molecule has 0 bridgehead atoms. The maximum absolute atomic E-state index is 11.9. The van der Waals surface area contributed by atoms with E-state index in [9.17, 15) is 4.79 Å². The summed E-state index contributed by atoms with van der Waals surface area (Å²) in [5, 5.41) is 3.67. The molecule has 1 N–H and O–H groups in total. The summed E-state index contributed by atoms with van der Waals surface area (Å²) in [6.07, 6.45) is 0. The Morgan fingerprint density at radius 2 is 1.76 bits per heavy atom. The molecule has 1 amide bonds.